The van der Waals surface area contributed by atoms with Gasteiger partial charge >= 0.3 is 5.97 Å². The molecule has 0 aromatic heterocycles. The quantitative estimate of drug-likeness (QED) is 0.333. The molecule has 0 N–H and O–H groups in total. The van der Waals surface area contributed by atoms with Crippen LogP contribution in [-0.4, -0.2) is 50.3 Å². The number of ether oxygens (including phenoxy) is 1. The second-order valence-corrected chi connectivity index (χ2v) is 1.50. The first-order chi connectivity index (χ1) is 3.68. The minimum Gasteiger partial charge on any atom is -0.463 e. The van der Waals surface area contributed by atoms with E-state index in [1.54, 1.807) is 13.8 Å². The minimum absolute atomic E-state index is 0. The van der Waals surface area contributed by atoms with Crippen LogP contribution in [0.25, 0.3) is 0 Å². The third kappa shape index (κ3) is 6.35. The van der Waals surface area contributed by atoms with Crippen molar-refractivity contribution in [3.63, 3.8) is 0 Å². The molecule has 0 spiro atoms. The Morgan fingerprint density at radius 1 is 1.67 bits per heavy atom. The van der Waals surface area contributed by atoms with Crippen molar-refractivity contribution in [1.29, 1.82) is 0 Å². The summed E-state index contributed by atoms with van der Waals surface area (Å²) < 4.78 is 4.56. The van der Waals surface area contributed by atoms with Gasteiger partial charge < -0.3 is 4.74 Å². The molecule has 0 aromatic rings. The summed E-state index contributed by atoms with van der Waals surface area (Å²) in [5.41, 5.74) is 0.451. The molecule has 0 rings (SSSR count). The van der Waals surface area contributed by atoms with Crippen LogP contribution in [0.4, 0.5) is 0 Å². The predicted octanol–water partition coefficient (Wildman–Crippen LogP) is 0.745. The van der Waals surface area contributed by atoms with Crippen LogP contribution in [0.15, 0.2) is 12.2 Å². The van der Waals surface area contributed by atoms with Crippen molar-refractivity contribution < 1.29 is 9.53 Å². The standard InChI is InChI=1S/C6H10O2.Ca/c1-4-8-6(7)5(2)3;/h2,4H2,1,3H3;. The first kappa shape index (κ1) is 12.2. The maximum Gasteiger partial charge on any atom is 0.333 e. The van der Waals surface area contributed by atoms with Crippen molar-refractivity contribution in [2.24, 2.45) is 0 Å². The van der Waals surface area contributed by atoms with Gasteiger partial charge in [0.2, 0.25) is 0 Å². The van der Waals surface area contributed by atoms with Crippen LogP contribution in [-0.2, 0) is 9.53 Å². The number of rotatable bonds is 2. The first-order valence-corrected chi connectivity index (χ1v) is 2.51. The van der Waals surface area contributed by atoms with E-state index in [1.807, 2.05) is 0 Å². The molecule has 0 saturated carbocycles. The van der Waals surface area contributed by atoms with E-state index in [9.17, 15) is 4.79 Å². The Labute approximate surface area is 85.3 Å². The van der Waals surface area contributed by atoms with E-state index in [0.29, 0.717) is 12.2 Å². The van der Waals surface area contributed by atoms with Gasteiger partial charge in [0, 0.05) is 43.3 Å². The molecule has 0 bridgehead atoms. The summed E-state index contributed by atoms with van der Waals surface area (Å²) in [4.78, 5) is 10.4. The van der Waals surface area contributed by atoms with E-state index in [4.69, 9.17) is 0 Å². The Morgan fingerprint density at radius 3 is 2.22 bits per heavy atom. The van der Waals surface area contributed by atoms with Crippen LogP contribution in [0.2, 0.25) is 0 Å². The molecule has 0 aliphatic carbocycles. The van der Waals surface area contributed by atoms with Gasteiger partial charge in [-0.3, -0.25) is 0 Å². The average molecular weight is 154 g/mol. The van der Waals surface area contributed by atoms with Gasteiger partial charge in [-0.2, -0.15) is 0 Å². The van der Waals surface area contributed by atoms with Crippen LogP contribution >= 0.6 is 0 Å². The first-order valence-electron chi connectivity index (χ1n) is 2.51. The summed E-state index contributed by atoms with van der Waals surface area (Å²) in [7, 11) is 0. The molecular weight excluding hydrogens is 144 g/mol. The molecule has 0 amide bonds. The monoisotopic (exact) mass is 154 g/mol. The summed E-state index contributed by atoms with van der Waals surface area (Å²) >= 11 is 0. The van der Waals surface area contributed by atoms with E-state index in [2.05, 4.69) is 11.3 Å². The van der Waals surface area contributed by atoms with Crippen molar-refractivity contribution in [3.8, 4) is 0 Å². The third-order valence-electron chi connectivity index (χ3n) is 0.624. The molecule has 2 nitrogen and oxygen atoms in total. The van der Waals surface area contributed by atoms with Crippen LogP contribution in [0.3, 0.4) is 0 Å². The molecule has 0 aliphatic rings. The summed E-state index contributed by atoms with van der Waals surface area (Å²) in [5.74, 6) is -0.312. The number of carbonyl (C=O) groups excluding carboxylic acids is 1. The molecule has 0 atom stereocenters. The summed E-state index contributed by atoms with van der Waals surface area (Å²) in [5, 5.41) is 0. The van der Waals surface area contributed by atoms with E-state index >= 15 is 0 Å². The molecule has 0 fully saturated rings. The van der Waals surface area contributed by atoms with Gasteiger partial charge in [-0.15, -0.1) is 0 Å². The maximum absolute atomic E-state index is 10.4. The molecular formula is C6H10CaO2. The number of hydrogen-bond donors (Lipinski definition) is 0. The maximum atomic E-state index is 10.4. The molecule has 0 heterocycles. The second-order valence-electron chi connectivity index (χ2n) is 1.50. The van der Waals surface area contributed by atoms with Crippen molar-refractivity contribution in [1.82, 2.24) is 0 Å². The molecule has 9 heavy (non-hydrogen) atoms. The number of esters is 1. The van der Waals surface area contributed by atoms with Crippen LogP contribution < -0.4 is 0 Å². The van der Waals surface area contributed by atoms with Crippen LogP contribution in [0, 0.1) is 0 Å². The summed E-state index contributed by atoms with van der Waals surface area (Å²) in [6.45, 7) is 7.21. The summed E-state index contributed by atoms with van der Waals surface area (Å²) in [6, 6.07) is 0. The Kier molecular flexibility index (Phi) is 8.91. The zero-order valence-corrected chi connectivity index (χ0v) is 8.15. The number of hydrogen-bond acceptors (Lipinski definition) is 2. The molecule has 0 aromatic carbocycles. The van der Waals surface area contributed by atoms with Crippen molar-refractivity contribution in [2.75, 3.05) is 6.61 Å². The fourth-order valence-electron chi connectivity index (χ4n) is 0.254. The Morgan fingerprint density at radius 2 is 2.11 bits per heavy atom. The zero-order chi connectivity index (χ0) is 6.57. The number of carbonyl (C=O) groups is 1. The van der Waals surface area contributed by atoms with Gasteiger partial charge in [-0.1, -0.05) is 6.58 Å². The summed E-state index contributed by atoms with van der Waals surface area (Å²) in [6.07, 6.45) is 0. The van der Waals surface area contributed by atoms with E-state index in [0.717, 1.165) is 0 Å². The molecule has 3 heteroatoms. The second kappa shape index (κ2) is 6.59. The van der Waals surface area contributed by atoms with E-state index < -0.39 is 0 Å². The molecule has 2 radical (unpaired) electrons. The van der Waals surface area contributed by atoms with E-state index in [1.165, 1.54) is 0 Å². The third-order valence-corrected chi connectivity index (χ3v) is 0.624. The zero-order valence-electron chi connectivity index (χ0n) is 5.94. The molecule has 0 saturated heterocycles. The van der Waals surface area contributed by atoms with Crippen molar-refractivity contribution >= 4 is 43.7 Å². The van der Waals surface area contributed by atoms with Crippen LogP contribution in [0.1, 0.15) is 13.8 Å². The Balaban J connectivity index is 0. The van der Waals surface area contributed by atoms with Gasteiger partial charge in [0.15, 0.2) is 0 Å². The fourth-order valence-corrected chi connectivity index (χ4v) is 0.254. The average Bonchev–Trinajstić information content (AvgIpc) is 1.67. The van der Waals surface area contributed by atoms with Gasteiger partial charge in [-0.25, -0.2) is 4.79 Å². The molecule has 48 valence electrons. The Hall–Kier alpha value is 0.470. The smallest absolute Gasteiger partial charge is 0.333 e. The topological polar surface area (TPSA) is 26.3 Å². The van der Waals surface area contributed by atoms with Gasteiger partial charge in [0.25, 0.3) is 0 Å². The normalized spacial score (nSPS) is 7.33. The van der Waals surface area contributed by atoms with Gasteiger partial charge in [0.1, 0.15) is 0 Å². The van der Waals surface area contributed by atoms with Gasteiger partial charge in [-0.05, 0) is 13.8 Å². The van der Waals surface area contributed by atoms with Gasteiger partial charge in [0.05, 0.1) is 6.61 Å². The van der Waals surface area contributed by atoms with E-state index in [-0.39, 0.29) is 43.7 Å². The fraction of sp³-hybridized carbons (Fsp3) is 0.500. The van der Waals surface area contributed by atoms with Crippen LogP contribution in [0.5, 0.6) is 0 Å². The Bertz CT molecular complexity index is 110. The largest absolute Gasteiger partial charge is 0.463 e. The molecule has 0 unspecified atom stereocenters. The SMILES string of the molecule is C=C(C)C(=O)OCC.[Ca]. The van der Waals surface area contributed by atoms with Crippen molar-refractivity contribution in [2.45, 2.75) is 13.8 Å². The minimum atomic E-state index is -0.312. The predicted molar refractivity (Wildman–Crippen MR) is 37.2 cm³/mol. The van der Waals surface area contributed by atoms with Crippen molar-refractivity contribution in [3.05, 3.63) is 12.2 Å². The molecule has 0 aliphatic heterocycles.